The maximum Gasteiger partial charge on any atom is 0.305 e. The summed E-state index contributed by atoms with van der Waals surface area (Å²) in [7, 11) is 0. The molecule has 0 aliphatic heterocycles. The van der Waals surface area contributed by atoms with E-state index in [1.54, 1.807) is 0 Å². The largest absolute Gasteiger partial charge is 0.466 e. The predicted octanol–water partition coefficient (Wildman–Crippen LogP) is 22.8. The number of unbranched alkanes of at least 4 members (excludes halogenated alkanes) is 54. The lowest BCUT2D eigenvalue weighted by Crippen LogP contribution is -2.45. The molecule has 0 saturated carbocycles. The first-order valence-corrected chi connectivity index (χ1v) is 35.4. The van der Waals surface area contributed by atoms with E-state index in [1.807, 2.05) is 0 Å². The van der Waals surface area contributed by atoms with Crippen molar-refractivity contribution in [1.29, 1.82) is 0 Å². The first-order chi connectivity index (χ1) is 38.0. The Hall–Kier alpha value is -1.40. The summed E-state index contributed by atoms with van der Waals surface area (Å²) in [5.74, 6) is -0.00909. The summed E-state index contributed by atoms with van der Waals surface area (Å²) in [6, 6.07) is -0.535. The maximum absolute atomic E-state index is 12.4. The number of aliphatic hydroxyl groups is 2. The monoisotopic (exact) mass is 1090 g/mol. The number of allylic oxidation sites excluding steroid dienone is 2. The van der Waals surface area contributed by atoms with Crippen molar-refractivity contribution in [3.05, 3.63) is 12.2 Å². The quantitative estimate of drug-likeness (QED) is 0.0320. The van der Waals surface area contributed by atoms with Gasteiger partial charge in [-0.3, -0.25) is 9.59 Å². The summed E-state index contributed by atoms with van der Waals surface area (Å²) in [6.07, 6.45) is 82.8. The molecule has 0 aromatic rings. The number of esters is 1. The highest BCUT2D eigenvalue weighted by Gasteiger charge is 2.20. The van der Waals surface area contributed by atoms with Crippen molar-refractivity contribution in [3.63, 3.8) is 0 Å². The fourth-order valence-corrected chi connectivity index (χ4v) is 11.4. The molecule has 0 saturated heterocycles. The van der Waals surface area contributed by atoms with Crippen molar-refractivity contribution in [2.45, 2.75) is 418 Å². The maximum atomic E-state index is 12.4. The van der Waals surface area contributed by atoms with Crippen LogP contribution in [0.2, 0.25) is 0 Å². The van der Waals surface area contributed by atoms with Crippen molar-refractivity contribution in [3.8, 4) is 0 Å². The number of nitrogens with one attached hydrogen (secondary N) is 1. The highest BCUT2D eigenvalue weighted by Crippen LogP contribution is 2.19. The van der Waals surface area contributed by atoms with E-state index >= 15 is 0 Å². The van der Waals surface area contributed by atoms with E-state index in [0.29, 0.717) is 25.9 Å². The molecule has 0 radical (unpaired) electrons. The zero-order chi connectivity index (χ0) is 55.7. The number of aliphatic hydroxyl groups excluding tert-OH is 2. The highest BCUT2D eigenvalue weighted by molar-refractivity contribution is 5.76. The fourth-order valence-electron chi connectivity index (χ4n) is 11.4. The Morgan fingerprint density at radius 3 is 0.922 bits per heavy atom. The van der Waals surface area contributed by atoms with Gasteiger partial charge in [-0.05, 0) is 51.4 Å². The minimum atomic E-state index is -0.658. The van der Waals surface area contributed by atoms with Crippen molar-refractivity contribution < 1.29 is 24.5 Å². The lowest BCUT2D eigenvalue weighted by atomic mass is 10.0. The molecule has 2 atom stereocenters. The van der Waals surface area contributed by atoms with Crippen LogP contribution < -0.4 is 5.32 Å². The third-order valence-corrected chi connectivity index (χ3v) is 16.8. The van der Waals surface area contributed by atoms with Crippen LogP contribution in [0.15, 0.2) is 12.2 Å². The molecule has 2 unspecified atom stereocenters. The Labute approximate surface area is 482 Å². The standard InChI is InChI=1S/C71H139NO5/c1-3-5-7-9-11-13-15-16-17-18-32-36-39-42-45-49-53-57-61-65-71(76)77-66-62-58-54-50-46-43-40-37-34-31-29-27-25-23-21-19-20-22-24-26-28-30-33-35-38-41-44-48-52-56-60-64-70(75)72-68(67-73)69(74)63-59-55-51-47-14-12-10-8-6-4-2/h16-17,68-69,73-74H,3-15,18-67H2,1-2H3,(H,72,75)/b17-16-. The summed E-state index contributed by atoms with van der Waals surface area (Å²) in [5.41, 5.74) is 0. The highest BCUT2D eigenvalue weighted by atomic mass is 16.5. The van der Waals surface area contributed by atoms with Gasteiger partial charge in [0.25, 0.3) is 0 Å². The number of carbonyl (C=O) groups is 2. The van der Waals surface area contributed by atoms with Crippen LogP contribution in [0.25, 0.3) is 0 Å². The summed E-state index contributed by atoms with van der Waals surface area (Å²) in [6.45, 7) is 4.97. The molecule has 6 nitrogen and oxygen atoms in total. The van der Waals surface area contributed by atoms with Gasteiger partial charge in [0.1, 0.15) is 0 Å². The van der Waals surface area contributed by atoms with E-state index in [9.17, 15) is 19.8 Å². The minimum absolute atomic E-state index is 0.0211. The Morgan fingerprint density at radius 2 is 0.610 bits per heavy atom. The zero-order valence-corrected chi connectivity index (χ0v) is 52.5. The number of rotatable bonds is 67. The third kappa shape index (κ3) is 63.6. The molecular weight excluding hydrogens is 947 g/mol. The molecule has 3 N–H and O–H groups in total. The van der Waals surface area contributed by atoms with Crippen LogP contribution in [-0.2, 0) is 14.3 Å². The van der Waals surface area contributed by atoms with Gasteiger partial charge in [0.05, 0.1) is 25.4 Å². The topological polar surface area (TPSA) is 95.9 Å². The lowest BCUT2D eigenvalue weighted by Gasteiger charge is -2.22. The van der Waals surface area contributed by atoms with E-state index in [-0.39, 0.29) is 18.5 Å². The molecule has 0 heterocycles. The molecule has 0 spiro atoms. The Morgan fingerprint density at radius 1 is 0.351 bits per heavy atom. The molecule has 0 bridgehead atoms. The van der Waals surface area contributed by atoms with Crippen LogP contribution >= 0.6 is 0 Å². The molecule has 0 aromatic heterocycles. The number of carbonyl (C=O) groups excluding carboxylic acids is 2. The van der Waals surface area contributed by atoms with Crippen molar-refractivity contribution in [1.82, 2.24) is 5.32 Å². The van der Waals surface area contributed by atoms with Gasteiger partial charge in [-0.1, -0.05) is 353 Å². The van der Waals surface area contributed by atoms with Crippen molar-refractivity contribution >= 4 is 11.9 Å². The van der Waals surface area contributed by atoms with Gasteiger partial charge in [-0.15, -0.1) is 0 Å². The fraction of sp³-hybridized carbons (Fsp3) is 0.944. The molecular formula is C71H139NO5. The smallest absolute Gasteiger partial charge is 0.305 e. The average Bonchev–Trinajstić information content (AvgIpc) is 3.43. The molecule has 0 fully saturated rings. The first-order valence-electron chi connectivity index (χ1n) is 35.4. The zero-order valence-electron chi connectivity index (χ0n) is 52.5. The van der Waals surface area contributed by atoms with Gasteiger partial charge in [0.15, 0.2) is 0 Å². The predicted molar refractivity (Wildman–Crippen MR) is 338 cm³/mol. The Balaban J connectivity index is 3.28. The van der Waals surface area contributed by atoms with E-state index in [0.717, 1.165) is 38.5 Å². The van der Waals surface area contributed by atoms with Gasteiger partial charge < -0.3 is 20.3 Å². The Bertz CT molecular complexity index is 1160. The first kappa shape index (κ1) is 75.6. The summed E-state index contributed by atoms with van der Waals surface area (Å²) >= 11 is 0. The van der Waals surface area contributed by atoms with E-state index in [1.165, 1.54) is 334 Å². The normalized spacial score (nSPS) is 12.5. The van der Waals surface area contributed by atoms with Crippen LogP contribution in [0.3, 0.4) is 0 Å². The molecule has 0 aromatic carbocycles. The number of hydrogen-bond acceptors (Lipinski definition) is 5. The molecule has 458 valence electrons. The molecule has 0 aliphatic carbocycles. The van der Waals surface area contributed by atoms with Crippen LogP contribution in [0, 0.1) is 0 Å². The third-order valence-electron chi connectivity index (χ3n) is 16.8. The van der Waals surface area contributed by atoms with Crippen LogP contribution in [-0.4, -0.2) is 47.4 Å². The molecule has 1 amide bonds. The van der Waals surface area contributed by atoms with Crippen LogP contribution in [0.4, 0.5) is 0 Å². The van der Waals surface area contributed by atoms with Gasteiger partial charge in [0.2, 0.25) is 5.91 Å². The van der Waals surface area contributed by atoms with Gasteiger partial charge in [-0.25, -0.2) is 0 Å². The van der Waals surface area contributed by atoms with E-state index < -0.39 is 12.1 Å². The number of ether oxygens (including phenoxy) is 1. The summed E-state index contributed by atoms with van der Waals surface area (Å²) in [4.78, 5) is 24.6. The average molecular weight is 1090 g/mol. The van der Waals surface area contributed by atoms with Crippen molar-refractivity contribution in [2.24, 2.45) is 0 Å². The second kappa shape index (κ2) is 67.1. The van der Waals surface area contributed by atoms with E-state index in [4.69, 9.17) is 4.74 Å². The number of hydrogen-bond donors (Lipinski definition) is 3. The summed E-state index contributed by atoms with van der Waals surface area (Å²) in [5, 5.41) is 23.2. The second-order valence-corrected chi connectivity index (χ2v) is 24.6. The molecule has 0 rings (SSSR count). The number of amides is 1. The van der Waals surface area contributed by atoms with E-state index in [2.05, 4.69) is 31.3 Å². The van der Waals surface area contributed by atoms with Gasteiger partial charge in [-0.2, -0.15) is 0 Å². The SMILES string of the molecule is CCCCCCCC/C=C\CCCCCCCCCCCC(=O)OCCCCCCCCCCCCCCCCCCCCCCCCCCCCCCCCCC(=O)NC(CO)C(O)CCCCCCCCCCCC. The lowest BCUT2D eigenvalue weighted by molar-refractivity contribution is -0.143. The van der Waals surface area contributed by atoms with Crippen molar-refractivity contribution in [2.75, 3.05) is 13.2 Å². The summed E-state index contributed by atoms with van der Waals surface area (Å²) < 4.78 is 5.51. The van der Waals surface area contributed by atoms with Crippen LogP contribution in [0.5, 0.6) is 0 Å². The minimum Gasteiger partial charge on any atom is -0.466 e. The van der Waals surface area contributed by atoms with Gasteiger partial charge >= 0.3 is 5.97 Å². The van der Waals surface area contributed by atoms with Crippen LogP contribution in [0.1, 0.15) is 406 Å². The second-order valence-electron chi connectivity index (χ2n) is 24.6. The molecule has 0 aliphatic rings. The Kier molecular flexibility index (Phi) is 65.9. The molecule has 6 heteroatoms. The molecule has 77 heavy (non-hydrogen) atoms. The van der Waals surface area contributed by atoms with Gasteiger partial charge in [0, 0.05) is 12.8 Å².